The molecule has 1 atom stereocenters. The number of hydrogen-bond donors (Lipinski definition) is 1. The molecule has 7 heteroatoms. The summed E-state index contributed by atoms with van der Waals surface area (Å²) in [5.41, 5.74) is 2.21. The number of rotatable bonds is 3. The van der Waals surface area contributed by atoms with Gasteiger partial charge in [-0.05, 0) is 48.5 Å². The summed E-state index contributed by atoms with van der Waals surface area (Å²) in [5.74, 6) is 0.613. The quantitative estimate of drug-likeness (QED) is 0.943. The molecule has 4 rings (SSSR count). The smallest absolute Gasteiger partial charge is 0.257 e. The highest BCUT2D eigenvalue weighted by atomic mass is 35.5. The molecule has 0 unspecified atom stereocenters. The first kappa shape index (κ1) is 13.0. The van der Waals surface area contributed by atoms with Gasteiger partial charge in [0.1, 0.15) is 11.9 Å². The molecule has 0 spiro atoms. The molecule has 1 aromatic heterocycles. The Labute approximate surface area is 131 Å². The average molecular weight is 321 g/mol. The number of halogens is 1. The number of aromatic nitrogens is 2. The molecule has 1 aliphatic carbocycles. The molecule has 1 aliphatic heterocycles. The van der Waals surface area contributed by atoms with Crippen LogP contribution in [-0.4, -0.2) is 26.9 Å². The fourth-order valence-electron chi connectivity index (χ4n) is 2.61. The highest BCUT2D eigenvalue weighted by Gasteiger charge is 2.37. The maximum absolute atomic E-state index is 12.8. The second-order valence-electron chi connectivity index (χ2n) is 5.47. The van der Waals surface area contributed by atoms with Crippen molar-refractivity contribution in [2.75, 3.05) is 11.9 Å². The zero-order valence-corrected chi connectivity index (χ0v) is 12.7. The minimum absolute atomic E-state index is 0.0103. The van der Waals surface area contributed by atoms with Gasteiger partial charge in [-0.15, -0.1) is 5.10 Å². The Morgan fingerprint density at radius 1 is 1.43 bits per heavy atom. The van der Waals surface area contributed by atoms with Gasteiger partial charge in [0.15, 0.2) is 0 Å². The van der Waals surface area contributed by atoms with Crippen LogP contribution in [0.2, 0.25) is 5.02 Å². The van der Waals surface area contributed by atoms with Crippen LogP contribution in [0.3, 0.4) is 0 Å². The van der Waals surface area contributed by atoms with Crippen molar-refractivity contribution in [2.45, 2.75) is 19.0 Å². The summed E-state index contributed by atoms with van der Waals surface area (Å²) >= 11 is 7.32. The van der Waals surface area contributed by atoms with E-state index in [0.717, 1.165) is 17.9 Å². The van der Waals surface area contributed by atoms with Crippen molar-refractivity contribution >= 4 is 34.7 Å². The highest BCUT2D eigenvalue weighted by molar-refractivity contribution is 7.03. The highest BCUT2D eigenvalue weighted by Crippen LogP contribution is 2.38. The number of hydrogen-bond acceptors (Lipinski definition) is 5. The third-order valence-electron chi connectivity index (χ3n) is 3.89. The first-order valence-corrected chi connectivity index (χ1v) is 8.08. The molecule has 1 fully saturated rings. The third-order valence-corrected chi connectivity index (χ3v) is 4.64. The van der Waals surface area contributed by atoms with E-state index < -0.39 is 0 Å². The van der Waals surface area contributed by atoms with Crippen LogP contribution in [0.5, 0.6) is 0 Å². The molecule has 1 N–H and O–H groups in total. The molecule has 21 heavy (non-hydrogen) atoms. The van der Waals surface area contributed by atoms with E-state index >= 15 is 0 Å². The summed E-state index contributed by atoms with van der Waals surface area (Å²) in [4.78, 5) is 14.7. The van der Waals surface area contributed by atoms with E-state index in [1.54, 1.807) is 12.1 Å². The van der Waals surface area contributed by atoms with E-state index in [0.29, 0.717) is 16.5 Å². The zero-order valence-electron chi connectivity index (χ0n) is 11.1. The molecule has 0 radical (unpaired) electrons. The number of fused-ring (bicyclic) bond motifs is 1. The normalized spacial score (nSPS) is 21.1. The lowest BCUT2D eigenvalue weighted by atomic mass is 10.1. The first-order valence-electron chi connectivity index (χ1n) is 6.86. The Bertz CT molecular complexity index is 686. The van der Waals surface area contributed by atoms with E-state index in [1.165, 1.54) is 24.4 Å². The molecule has 2 aromatic rings. The molecular weight excluding hydrogens is 308 g/mol. The van der Waals surface area contributed by atoms with E-state index in [4.69, 9.17) is 11.6 Å². The van der Waals surface area contributed by atoms with Gasteiger partial charge in [0.2, 0.25) is 0 Å². The van der Waals surface area contributed by atoms with Gasteiger partial charge >= 0.3 is 0 Å². The molecule has 2 heterocycles. The first-order chi connectivity index (χ1) is 10.2. The minimum atomic E-state index is -0.245. The Balaban J connectivity index is 1.75. The van der Waals surface area contributed by atoms with Gasteiger partial charge in [-0.3, -0.25) is 4.79 Å². The molecule has 2 aliphatic rings. The van der Waals surface area contributed by atoms with Crippen LogP contribution in [0.15, 0.2) is 23.6 Å². The lowest BCUT2D eigenvalue weighted by molar-refractivity contribution is 0.0669. The predicted molar refractivity (Wildman–Crippen MR) is 81.5 cm³/mol. The van der Waals surface area contributed by atoms with Gasteiger partial charge in [0, 0.05) is 22.6 Å². The largest absolute Gasteiger partial charge is 0.359 e. The molecule has 5 nitrogen and oxygen atoms in total. The van der Waals surface area contributed by atoms with E-state index in [1.807, 2.05) is 16.3 Å². The number of nitrogens with one attached hydrogen (secondary N) is 1. The van der Waals surface area contributed by atoms with Crippen LogP contribution in [0.4, 0.5) is 5.69 Å². The Kier molecular flexibility index (Phi) is 3.08. The fraction of sp³-hybridized carbons (Fsp3) is 0.357. The molecule has 0 saturated heterocycles. The molecule has 1 amide bonds. The number of carbonyl (C=O) groups excluding carboxylic acids is 1. The molecule has 1 saturated carbocycles. The maximum atomic E-state index is 12.8. The lowest BCUT2D eigenvalue weighted by Gasteiger charge is -2.37. The van der Waals surface area contributed by atoms with Gasteiger partial charge in [0.05, 0.1) is 5.56 Å². The number of anilines is 1. The van der Waals surface area contributed by atoms with Gasteiger partial charge in [0.25, 0.3) is 5.91 Å². The second kappa shape index (κ2) is 4.96. The Morgan fingerprint density at radius 2 is 2.29 bits per heavy atom. The fourth-order valence-corrected chi connectivity index (χ4v) is 3.25. The van der Waals surface area contributed by atoms with Gasteiger partial charge < -0.3 is 10.2 Å². The van der Waals surface area contributed by atoms with E-state index in [2.05, 4.69) is 14.9 Å². The lowest BCUT2D eigenvalue weighted by Crippen LogP contribution is -2.44. The monoisotopic (exact) mass is 320 g/mol. The van der Waals surface area contributed by atoms with E-state index in [-0.39, 0.29) is 12.1 Å². The average Bonchev–Trinajstić information content (AvgIpc) is 3.13. The summed E-state index contributed by atoms with van der Waals surface area (Å²) in [6, 6.07) is 5.35. The van der Waals surface area contributed by atoms with Gasteiger partial charge in [-0.1, -0.05) is 16.1 Å². The number of benzene rings is 1. The number of carbonyl (C=O) groups is 1. The molecule has 1 aromatic carbocycles. The van der Waals surface area contributed by atoms with Crippen molar-refractivity contribution < 1.29 is 4.79 Å². The van der Waals surface area contributed by atoms with Crippen LogP contribution in [-0.2, 0) is 0 Å². The SMILES string of the molecule is O=C1c2cc(Cl)ccc2N[C@@H](c2csnn2)N1CC1CC1. The Morgan fingerprint density at radius 3 is 3.00 bits per heavy atom. The van der Waals surface area contributed by atoms with Crippen LogP contribution >= 0.6 is 23.1 Å². The van der Waals surface area contributed by atoms with Crippen LogP contribution < -0.4 is 5.32 Å². The number of nitrogens with zero attached hydrogens (tertiary/aromatic N) is 3. The predicted octanol–water partition coefficient (Wildman–Crippen LogP) is 3.17. The summed E-state index contributed by atoms with van der Waals surface area (Å²) < 4.78 is 3.91. The van der Waals surface area contributed by atoms with Crippen molar-refractivity contribution in [1.29, 1.82) is 0 Å². The van der Waals surface area contributed by atoms with Crippen LogP contribution in [0.1, 0.15) is 35.1 Å². The van der Waals surface area contributed by atoms with Gasteiger partial charge in [-0.25, -0.2) is 0 Å². The summed E-state index contributed by atoms with van der Waals surface area (Å²) in [5, 5.41) is 9.97. The van der Waals surface area contributed by atoms with Crippen LogP contribution in [0.25, 0.3) is 0 Å². The topological polar surface area (TPSA) is 58.1 Å². The summed E-state index contributed by atoms with van der Waals surface area (Å²) in [6.07, 6.45) is 2.13. The van der Waals surface area contributed by atoms with Gasteiger partial charge in [-0.2, -0.15) is 0 Å². The molecule has 0 bridgehead atoms. The maximum Gasteiger partial charge on any atom is 0.257 e. The van der Waals surface area contributed by atoms with E-state index in [9.17, 15) is 4.79 Å². The van der Waals surface area contributed by atoms with Crippen molar-refractivity contribution in [3.8, 4) is 0 Å². The third kappa shape index (κ3) is 2.38. The second-order valence-corrected chi connectivity index (χ2v) is 6.51. The summed E-state index contributed by atoms with van der Waals surface area (Å²) in [6.45, 7) is 0.750. The van der Waals surface area contributed by atoms with Crippen molar-refractivity contribution in [3.63, 3.8) is 0 Å². The summed E-state index contributed by atoms with van der Waals surface area (Å²) in [7, 11) is 0. The van der Waals surface area contributed by atoms with Crippen LogP contribution in [0, 0.1) is 5.92 Å². The number of amides is 1. The zero-order chi connectivity index (χ0) is 14.4. The van der Waals surface area contributed by atoms with Crippen molar-refractivity contribution in [1.82, 2.24) is 14.5 Å². The standard InChI is InChI=1S/C14H13ClN4OS/c15-9-3-4-11-10(5-9)14(20)19(6-8-1-2-8)13(16-11)12-7-21-18-17-12/h3-5,7-8,13,16H,1-2,6H2/t13-/m1/s1. The molecular formula is C14H13ClN4OS. The minimum Gasteiger partial charge on any atom is -0.359 e. The van der Waals surface area contributed by atoms with Crippen molar-refractivity contribution in [2.24, 2.45) is 5.92 Å². The van der Waals surface area contributed by atoms with Crippen molar-refractivity contribution in [3.05, 3.63) is 39.9 Å². The molecule has 108 valence electrons. The Hall–Kier alpha value is -1.66.